The van der Waals surface area contributed by atoms with E-state index in [-0.39, 0.29) is 17.9 Å². The fourth-order valence-electron chi connectivity index (χ4n) is 4.18. The highest BCUT2D eigenvalue weighted by Gasteiger charge is 2.41. The molecule has 1 amide bonds. The Kier molecular flexibility index (Phi) is 8.25. The number of amides is 1. The molecule has 1 aromatic carbocycles. The van der Waals surface area contributed by atoms with Gasteiger partial charge in [-0.2, -0.15) is 13.2 Å². The van der Waals surface area contributed by atoms with Crippen molar-refractivity contribution in [2.75, 3.05) is 6.54 Å². The number of nitrogens with one attached hydrogen (secondary N) is 1. The van der Waals surface area contributed by atoms with Crippen LogP contribution in [0.5, 0.6) is 0 Å². The van der Waals surface area contributed by atoms with Crippen molar-refractivity contribution in [1.82, 2.24) is 15.2 Å². The average Bonchev–Trinajstić information content (AvgIpc) is 3.24. The molecular weight excluding hydrogens is 517 g/mol. The van der Waals surface area contributed by atoms with E-state index in [1.165, 1.54) is 23.9 Å². The highest BCUT2D eigenvalue weighted by atomic mass is 32.2. The molecule has 2 aliphatic rings. The summed E-state index contributed by atoms with van der Waals surface area (Å²) in [5.74, 6) is -0.848. The van der Waals surface area contributed by atoms with Crippen molar-refractivity contribution in [3.05, 3.63) is 87.9 Å². The zero-order valence-corrected chi connectivity index (χ0v) is 21.9. The smallest absolute Gasteiger partial charge is 0.416 e. The number of rotatable bonds is 8. The van der Waals surface area contributed by atoms with E-state index < -0.39 is 29.9 Å². The highest BCUT2D eigenvalue weighted by Crippen LogP contribution is 2.45. The van der Waals surface area contributed by atoms with Crippen molar-refractivity contribution in [2.24, 2.45) is 4.99 Å². The van der Waals surface area contributed by atoms with Crippen molar-refractivity contribution in [3.63, 3.8) is 0 Å². The third-order valence-corrected chi connectivity index (χ3v) is 6.78. The van der Waals surface area contributed by atoms with Crippen molar-refractivity contribution >= 4 is 28.8 Å². The maximum Gasteiger partial charge on any atom is 0.416 e. The molecule has 2 aliphatic heterocycles. The summed E-state index contributed by atoms with van der Waals surface area (Å²) in [6, 6.07) is 9.43. The SMILES string of the molecule is CC1=C(C(=O)OC(C)C)[C@H](c2ccc(C(F)(F)F)cc2)N2C(CC(=O)NCCc3ccccn3)=CSC2=N1. The van der Waals surface area contributed by atoms with Gasteiger partial charge in [-0.1, -0.05) is 30.0 Å². The maximum atomic E-state index is 13.2. The molecule has 2 aromatic rings. The first-order valence-electron chi connectivity index (χ1n) is 12.0. The monoisotopic (exact) mass is 544 g/mol. The number of esters is 1. The lowest BCUT2D eigenvalue weighted by Gasteiger charge is -2.36. The predicted octanol–water partition coefficient (Wildman–Crippen LogP) is 5.38. The van der Waals surface area contributed by atoms with Crippen LogP contribution in [-0.4, -0.2) is 39.6 Å². The molecule has 0 radical (unpaired) electrons. The fraction of sp³-hybridized carbons (Fsp3) is 0.333. The second kappa shape index (κ2) is 11.4. The van der Waals surface area contributed by atoms with Crippen LogP contribution in [0, 0.1) is 0 Å². The van der Waals surface area contributed by atoms with Gasteiger partial charge in [0.15, 0.2) is 5.17 Å². The van der Waals surface area contributed by atoms with Gasteiger partial charge in [0.2, 0.25) is 5.91 Å². The second-order valence-electron chi connectivity index (χ2n) is 9.06. The Morgan fingerprint density at radius 3 is 2.53 bits per heavy atom. The molecule has 0 aliphatic carbocycles. The van der Waals surface area contributed by atoms with E-state index in [9.17, 15) is 22.8 Å². The Balaban J connectivity index is 1.59. The molecule has 3 heterocycles. The number of fused-ring (bicyclic) bond motifs is 1. The molecule has 0 bridgehead atoms. The largest absolute Gasteiger partial charge is 0.459 e. The van der Waals surface area contributed by atoms with Crippen molar-refractivity contribution < 1.29 is 27.5 Å². The summed E-state index contributed by atoms with van der Waals surface area (Å²) < 4.78 is 45.2. The summed E-state index contributed by atoms with van der Waals surface area (Å²) in [6.07, 6.45) is -2.65. The van der Waals surface area contributed by atoms with Crippen LogP contribution < -0.4 is 5.32 Å². The van der Waals surface area contributed by atoms with Gasteiger partial charge in [-0.3, -0.25) is 9.78 Å². The number of carbonyl (C=O) groups is 2. The molecule has 1 atom stereocenters. The summed E-state index contributed by atoms with van der Waals surface area (Å²) in [7, 11) is 0. The van der Waals surface area contributed by atoms with Crippen LogP contribution in [0.3, 0.4) is 0 Å². The van der Waals surface area contributed by atoms with Crippen LogP contribution in [0.25, 0.3) is 0 Å². The number of amidine groups is 1. The number of nitrogens with zero attached hydrogens (tertiary/aromatic N) is 3. The Labute approximate surface area is 222 Å². The Hall–Kier alpha value is -3.60. The number of benzene rings is 1. The molecule has 7 nitrogen and oxygen atoms in total. The van der Waals surface area contributed by atoms with Gasteiger partial charge < -0.3 is 15.0 Å². The van der Waals surface area contributed by atoms with Crippen LogP contribution in [-0.2, 0) is 26.9 Å². The van der Waals surface area contributed by atoms with E-state index in [4.69, 9.17) is 4.74 Å². The molecule has 0 spiro atoms. The van der Waals surface area contributed by atoms with Gasteiger partial charge in [-0.05, 0) is 56.0 Å². The number of ether oxygens (including phenoxy) is 1. The third kappa shape index (κ3) is 6.27. The van der Waals surface area contributed by atoms with Crippen LogP contribution in [0.1, 0.15) is 50.1 Å². The molecule has 0 saturated heterocycles. The number of allylic oxidation sites excluding steroid dienone is 1. The van der Waals surface area contributed by atoms with Gasteiger partial charge in [0.1, 0.15) is 0 Å². The van der Waals surface area contributed by atoms with E-state index in [2.05, 4.69) is 15.3 Å². The zero-order valence-electron chi connectivity index (χ0n) is 21.1. The van der Waals surface area contributed by atoms with Gasteiger partial charge in [0, 0.05) is 30.6 Å². The molecular formula is C27H27F3N4O3S. The Morgan fingerprint density at radius 1 is 1.16 bits per heavy atom. The first-order valence-corrected chi connectivity index (χ1v) is 12.9. The lowest BCUT2D eigenvalue weighted by atomic mass is 9.93. The average molecular weight is 545 g/mol. The minimum Gasteiger partial charge on any atom is -0.459 e. The molecule has 38 heavy (non-hydrogen) atoms. The number of hydrogen-bond donors (Lipinski definition) is 1. The van der Waals surface area contributed by atoms with Crippen LogP contribution in [0.2, 0.25) is 0 Å². The third-order valence-electron chi connectivity index (χ3n) is 5.89. The Morgan fingerprint density at radius 2 is 1.89 bits per heavy atom. The first kappa shape index (κ1) is 27.4. The van der Waals surface area contributed by atoms with Gasteiger partial charge >= 0.3 is 12.1 Å². The van der Waals surface area contributed by atoms with E-state index in [0.29, 0.717) is 35.1 Å². The quantitative estimate of drug-likeness (QED) is 0.450. The summed E-state index contributed by atoms with van der Waals surface area (Å²) in [6.45, 7) is 5.49. The number of halogens is 3. The van der Waals surface area contributed by atoms with E-state index in [1.54, 1.807) is 37.3 Å². The van der Waals surface area contributed by atoms with Crippen LogP contribution in [0.4, 0.5) is 13.2 Å². The molecule has 0 fully saturated rings. The van der Waals surface area contributed by atoms with E-state index in [1.807, 2.05) is 18.2 Å². The topological polar surface area (TPSA) is 83.9 Å². The van der Waals surface area contributed by atoms with Crippen molar-refractivity contribution in [3.8, 4) is 0 Å². The van der Waals surface area contributed by atoms with Crippen LogP contribution >= 0.6 is 11.8 Å². The zero-order chi connectivity index (χ0) is 27.4. The number of carbonyl (C=O) groups excluding carboxylic acids is 2. The lowest BCUT2D eigenvalue weighted by Crippen LogP contribution is -2.38. The van der Waals surface area contributed by atoms with Crippen LogP contribution in [0.15, 0.2) is 76.0 Å². The minimum absolute atomic E-state index is 0.00305. The summed E-state index contributed by atoms with van der Waals surface area (Å²) in [5, 5.41) is 5.19. The van der Waals surface area contributed by atoms with Crippen molar-refractivity contribution in [1.29, 1.82) is 0 Å². The standard InChI is InChI=1S/C27H27F3N4O3S/c1-16(2)37-25(36)23-17(3)33-26-34(24(23)18-7-9-19(10-8-18)27(28,29)30)21(15-38-26)14-22(35)32-13-11-20-6-4-5-12-31-20/h4-10,12,15-16,24H,11,13-14H2,1-3H3,(H,32,35)/t24-/m0/s1. The molecule has 200 valence electrons. The highest BCUT2D eigenvalue weighted by molar-refractivity contribution is 8.16. The predicted molar refractivity (Wildman–Crippen MR) is 139 cm³/mol. The molecule has 4 rings (SSSR count). The van der Waals surface area contributed by atoms with Gasteiger partial charge in [-0.25, -0.2) is 9.79 Å². The molecule has 11 heteroatoms. The lowest BCUT2D eigenvalue weighted by molar-refractivity contribution is -0.143. The number of aliphatic imine (C=N–C) groups is 1. The maximum absolute atomic E-state index is 13.2. The molecule has 1 N–H and O–H groups in total. The number of thioether (sulfide) groups is 1. The van der Waals surface area contributed by atoms with Gasteiger partial charge in [-0.15, -0.1) is 0 Å². The first-order chi connectivity index (χ1) is 18.0. The summed E-state index contributed by atoms with van der Waals surface area (Å²) in [5.41, 5.74) is 1.71. The second-order valence-corrected chi connectivity index (χ2v) is 9.90. The van der Waals surface area contributed by atoms with E-state index >= 15 is 0 Å². The summed E-state index contributed by atoms with van der Waals surface area (Å²) >= 11 is 1.29. The fourth-order valence-corrected chi connectivity index (χ4v) is 5.15. The number of hydrogen-bond acceptors (Lipinski definition) is 7. The summed E-state index contributed by atoms with van der Waals surface area (Å²) in [4.78, 5) is 36.5. The molecule has 1 aromatic heterocycles. The normalized spacial score (nSPS) is 17.2. The van der Waals surface area contributed by atoms with Gasteiger partial charge in [0.25, 0.3) is 0 Å². The number of alkyl halides is 3. The van der Waals surface area contributed by atoms with Crippen molar-refractivity contribution in [2.45, 2.75) is 51.9 Å². The van der Waals surface area contributed by atoms with E-state index in [0.717, 1.165) is 17.8 Å². The minimum atomic E-state index is -4.50. The number of aromatic nitrogens is 1. The molecule has 0 unspecified atom stereocenters. The Bertz CT molecular complexity index is 1290. The molecule has 0 saturated carbocycles. The van der Waals surface area contributed by atoms with Gasteiger partial charge in [0.05, 0.1) is 35.4 Å². The number of pyridine rings is 1.